The zero-order valence-electron chi connectivity index (χ0n) is 8.30. The van der Waals surface area contributed by atoms with Crippen molar-refractivity contribution in [3.8, 4) is 0 Å². The largest absolute Gasteiger partial charge is 0.464 e. The second-order valence-electron chi connectivity index (χ2n) is 3.21. The molecule has 1 aromatic carbocycles. The summed E-state index contributed by atoms with van der Waals surface area (Å²) >= 11 is 3.38. The molecule has 15 heavy (non-hydrogen) atoms. The number of hydrogen-bond acceptors (Lipinski definition) is 3. The standard InChI is InChI=1S/C10H9BrN2O2/c1-5-3-6(11)4-7-8(5)12-13-9(7)10(14)15-2/h3-4H,1-2H3,(H,12,13). The van der Waals surface area contributed by atoms with E-state index in [-0.39, 0.29) is 0 Å². The van der Waals surface area contributed by atoms with Crippen molar-refractivity contribution < 1.29 is 9.53 Å². The van der Waals surface area contributed by atoms with Gasteiger partial charge in [-0.3, -0.25) is 5.10 Å². The summed E-state index contributed by atoms with van der Waals surface area (Å²) in [5.41, 5.74) is 2.18. The number of methoxy groups -OCH3 is 1. The van der Waals surface area contributed by atoms with Crippen LogP contribution in [-0.4, -0.2) is 23.3 Å². The lowest BCUT2D eigenvalue weighted by Gasteiger charge is -1.98. The van der Waals surface area contributed by atoms with Crippen LogP contribution in [0.5, 0.6) is 0 Å². The van der Waals surface area contributed by atoms with Crippen LogP contribution < -0.4 is 0 Å². The molecular formula is C10H9BrN2O2. The quantitative estimate of drug-likeness (QED) is 0.809. The number of ether oxygens (including phenoxy) is 1. The van der Waals surface area contributed by atoms with Gasteiger partial charge in [0.25, 0.3) is 0 Å². The van der Waals surface area contributed by atoms with Crippen molar-refractivity contribution in [2.75, 3.05) is 7.11 Å². The molecule has 0 bridgehead atoms. The van der Waals surface area contributed by atoms with E-state index in [1.807, 2.05) is 19.1 Å². The summed E-state index contributed by atoms with van der Waals surface area (Å²) in [7, 11) is 1.35. The lowest BCUT2D eigenvalue weighted by Crippen LogP contribution is -2.01. The maximum Gasteiger partial charge on any atom is 0.356 e. The molecule has 0 aliphatic heterocycles. The lowest BCUT2D eigenvalue weighted by atomic mass is 10.1. The van der Waals surface area contributed by atoms with E-state index >= 15 is 0 Å². The second kappa shape index (κ2) is 3.66. The van der Waals surface area contributed by atoms with E-state index in [2.05, 4.69) is 30.9 Å². The number of aromatic amines is 1. The Morgan fingerprint density at radius 3 is 2.93 bits per heavy atom. The molecule has 0 saturated heterocycles. The maximum absolute atomic E-state index is 11.4. The highest BCUT2D eigenvalue weighted by Gasteiger charge is 2.15. The van der Waals surface area contributed by atoms with Crippen molar-refractivity contribution >= 4 is 32.8 Å². The Bertz CT molecular complexity index is 533. The SMILES string of the molecule is COC(=O)c1[nH]nc2c(C)cc(Br)cc12. The zero-order chi connectivity index (χ0) is 11.0. The molecule has 2 aromatic rings. The average molecular weight is 269 g/mol. The van der Waals surface area contributed by atoms with E-state index < -0.39 is 5.97 Å². The topological polar surface area (TPSA) is 55.0 Å². The number of rotatable bonds is 1. The van der Waals surface area contributed by atoms with E-state index in [0.29, 0.717) is 5.69 Å². The number of aryl methyl sites for hydroxylation is 1. The summed E-state index contributed by atoms with van der Waals surface area (Å²) in [4.78, 5) is 11.4. The third-order valence-corrected chi connectivity index (χ3v) is 2.66. The molecule has 1 aromatic heterocycles. The first-order valence-corrected chi connectivity index (χ1v) is 5.15. The van der Waals surface area contributed by atoms with Crippen LogP contribution in [-0.2, 0) is 4.74 Å². The van der Waals surface area contributed by atoms with Gasteiger partial charge in [-0.05, 0) is 24.6 Å². The van der Waals surface area contributed by atoms with Crippen LogP contribution in [0.3, 0.4) is 0 Å². The molecule has 0 aliphatic rings. The molecule has 5 heteroatoms. The third kappa shape index (κ3) is 1.63. The van der Waals surface area contributed by atoms with Crippen molar-refractivity contribution in [1.29, 1.82) is 0 Å². The molecule has 4 nitrogen and oxygen atoms in total. The molecule has 0 spiro atoms. The van der Waals surface area contributed by atoms with Crippen LogP contribution in [0.4, 0.5) is 0 Å². The molecule has 0 radical (unpaired) electrons. The summed E-state index contributed by atoms with van der Waals surface area (Å²) in [6, 6.07) is 3.79. The summed E-state index contributed by atoms with van der Waals surface area (Å²) in [5.74, 6) is -0.407. The first-order valence-electron chi connectivity index (χ1n) is 4.36. The Morgan fingerprint density at radius 1 is 1.53 bits per heavy atom. The van der Waals surface area contributed by atoms with Gasteiger partial charge in [0.15, 0.2) is 5.69 Å². The number of hydrogen-bond donors (Lipinski definition) is 1. The molecule has 0 unspecified atom stereocenters. The fraction of sp³-hybridized carbons (Fsp3) is 0.200. The molecule has 0 fully saturated rings. The van der Waals surface area contributed by atoms with Crippen LogP contribution in [0.15, 0.2) is 16.6 Å². The van der Waals surface area contributed by atoms with Crippen LogP contribution in [0, 0.1) is 6.92 Å². The van der Waals surface area contributed by atoms with Gasteiger partial charge in [-0.15, -0.1) is 0 Å². The van der Waals surface area contributed by atoms with Gasteiger partial charge in [-0.1, -0.05) is 15.9 Å². The van der Waals surface area contributed by atoms with Crippen LogP contribution >= 0.6 is 15.9 Å². The van der Waals surface area contributed by atoms with E-state index in [1.165, 1.54) is 7.11 Å². The van der Waals surface area contributed by atoms with Crippen molar-refractivity contribution in [3.05, 3.63) is 27.9 Å². The third-order valence-electron chi connectivity index (χ3n) is 2.20. The first-order chi connectivity index (χ1) is 7.13. The molecule has 0 aliphatic carbocycles. The fourth-order valence-corrected chi connectivity index (χ4v) is 2.08. The van der Waals surface area contributed by atoms with E-state index in [9.17, 15) is 4.79 Å². The fourth-order valence-electron chi connectivity index (χ4n) is 1.50. The van der Waals surface area contributed by atoms with Crippen LogP contribution in [0.1, 0.15) is 16.1 Å². The highest BCUT2D eigenvalue weighted by molar-refractivity contribution is 9.10. The van der Waals surface area contributed by atoms with Gasteiger partial charge in [-0.2, -0.15) is 5.10 Å². The Kier molecular flexibility index (Phi) is 2.48. The van der Waals surface area contributed by atoms with Crippen LogP contribution in [0.2, 0.25) is 0 Å². The van der Waals surface area contributed by atoms with Gasteiger partial charge in [-0.25, -0.2) is 4.79 Å². The average Bonchev–Trinajstić information content (AvgIpc) is 2.60. The first kappa shape index (κ1) is 10.2. The number of benzene rings is 1. The van der Waals surface area contributed by atoms with Gasteiger partial charge in [0, 0.05) is 9.86 Å². The smallest absolute Gasteiger partial charge is 0.356 e. The highest BCUT2D eigenvalue weighted by Crippen LogP contribution is 2.24. The monoisotopic (exact) mass is 268 g/mol. The highest BCUT2D eigenvalue weighted by atomic mass is 79.9. The van der Waals surface area contributed by atoms with E-state index in [4.69, 9.17) is 0 Å². The minimum Gasteiger partial charge on any atom is -0.464 e. The summed E-state index contributed by atoms with van der Waals surface area (Å²) in [6.45, 7) is 1.94. The minimum absolute atomic E-state index is 0.386. The van der Waals surface area contributed by atoms with Crippen molar-refractivity contribution in [2.45, 2.75) is 6.92 Å². The molecule has 0 atom stereocenters. The minimum atomic E-state index is -0.407. The number of H-pyrrole nitrogens is 1. The van der Waals surface area contributed by atoms with E-state index in [1.54, 1.807) is 0 Å². The number of esters is 1. The molecular weight excluding hydrogens is 260 g/mol. The molecule has 0 amide bonds. The number of aromatic nitrogens is 2. The Labute approximate surface area is 94.7 Å². The van der Waals surface area contributed by atoms with E-state index in [0.717, 1.165) is 20.9 Å². The summed E-state index contributed by atoms with van der Waals surface area (Å²) in [6.07, 6.45) is 0. The number of halogens is 1. The Morgan fingerprint density at radius 2 is 2.27 bits per heavy atom. The normalized spacial score (nSPS) is 10.6. The summed E-state index contributed by atoms with van der Waals surface area (Å²) in [5, 5.41) is 7.54. The second-order valence-corrected chi connectivity index (χ2v) is 4.12. The lowest BCUT2D eigenvalue weighted by molar-refractivity contribution is 0.0596. The molecule has 1 heterocycles. The van der Waals surface area contributed by atoms with Crippen molar-refractivity contribution in [1.82, 2.24) is 10.2 Å². The number of fused-ring (bicyclic) bond motifs is 1. The number of nitrogens with one attached hydrogen (secondary N) is 1. The Hall–Kier alpha value is -1.36. The van der Waals surface area contributed by atoms with Crippen molar-refractivity contribution in [2.24, 2.45) is 0 Å². The molecule has 2 rings (SSSR count). The van der Waals surface area contributed by atoms with Gasteiger partial charge in [0.05, 0.1) is 12.6 Å². The Balaban J connectivity index is 2.74. The number of carbonyl (C=O) groups excluding carboxylic acids is 1. The van der Waals surface area contributed by atoms with Gasteiger partial charge in [0.1, 0.15) is 0 Å². The van der Waals surface area contributed by atoms with Crippen LogP contribution in [0.25, 0.3) is 10.9 Å². The predicted molar refractivity (Wildman–Crippen MR) is 59.9 cm³/mol. The number of carbonyl (C=O) groups is 1. The summed E-state index contributed by atoms with van der Waals surface area (Å²) < 4.78 is 5.57. The number of nitrogens with zero attached hydrogens (tertiary/aromatic N) is 1. The zero-order valence-corrected chi connectivity index (χ0v) is 9.88. The van der Waals surface area contributed by atoms with Gasteiger partial charge >= 0.3 is 5.97 Å². The predicted octanol–water partition coefficient (Wildman–Crippen LogP) is 2.42. The van der Waals surface area contributed by atoms with Gasteiger partial charge < -0.3 is 4.74 Å². The molecule has 1 N–H and O–H groups in total. The van der Waals surface area contributed by atoms with Crippen molar-refractivity contribution in [3.63, 3.8) is 0 Å². The van der Waals surface area contributed by atoms with Gasteiger partial charge in [0.2, 0.25) is 0 Å². The molecule has 0 saturated carbocycles. The maximum atomic E-state index is 11.4. The molecule has 78 valence electrons.